The smallest absolute Gasteiger partial charge is 0.411 e. The molecular formula is C16H22F5N3O3. The second-order valence-electron chi connectivity index (χ2n) is 5.23. The summed E-state index contributed by atoms with van der Waals surface area (Å²) in [5.74, 6) is 0.809. The summed E-state index contributed by atoms with van der Waals surface area (Å²) in [6.07, 6.45) is -4.02. The average molecular weight is 399 g/mol. The van der Waals surface area contributed by atoms with Crippen molar-refractivity contribution in [2.24, 2.45) is 4.99 Å². The SMILES string of the molecule is CN=C(NCCCOCC(F)(F)F)NCc1cc(OC)ccc1OC(F)F. The van der Waals surface area contributed by atoms with E-state index in [0.717, 1.165) is 0 Å². The number of rotatable bonds is 10. The van der Waals surface area contributed by atoms with Crippen molar-refractivity contribution < 1.29 is 36.2 Å². The van der Waals surface area contributed by atoms with Crippen molar-refractivity contribution >= 4 is 5.96 Å². The van der Waals surface area contributed by atoms with Crippen molar-refractivity contribution in [3.8, 4) is 11.5 Å². The Balaban J connectivity index is 2.47. The molecule has 11 heteroatoms. The van der Waals surface area contributed by atoms with E-state index < -0.39 is 19.4 Å². The zero-order valence-electron chi connectivity index (χ0n) is 14.9. The van der Waals surface area contributed by atoms with Crippen LogP contribution in [-0.2, 0) is 11.3 Å². The Morgan fingerprint density at radius 3 is 2.56 bits per heavy atom. The molecule has 0 saturated carbocycles. The third-order valence-corrected chi connectivity index (χ3v) is 3.18. The van der Waals surface area contributed by atoms with Gasteiger partial charge >= 0.3 is 12.8 Å². The highest BCUT2D eigenvalue weighted by molar-refractivity contribution is 5.79. The summed E-state index contributed by atoms with van der Waals surface area (Å²) in [5.41, 5.74) is 0.422. The molecule has 27 heavy (non-hydrogen) atoms. The maximum absolute atomic E-state index is 12.5. The molecule has 0 heterocycles. The zero-order chi connectivity index (χ0) is 20.3. The molecule has 0 aliphatic rings. The monoisotopic (exact) mass is 399 g/mol. The number of hydrogen-bond donors (Lipinski definition) is 2. The van der Waals surface area contributed by atoms with Crippen molar-refractivity contribution in [2.45, 2.75) is 25.8 Å². The third kappa shape index (κ3) is 9.83. The first-order valence-electron chi connectivity index (χ1n) is 7.96. The summed E-state index contributed by atoms with van der Waals surface area (Å²) in [4.78, 5) is 3.95. The Labute approximate surface area is 153 Å². The maximum atomic E-state index is 12.5. The number of aliphatic imine (C=N–C) groups is 1. The summed E-state index contributed by atoms with van der Waals surface area (Å²) in [7, 11) is 2.94. The molecule has 0 aromatic heterocycles. The summed E-state index contributed by atoms with van der Waals surface area (Å²) in [6, 6.07) is 4.41. The Bertz CT molecular complexity index is 597. The maximum Gasteiger partial charge on any atom is 0.411 e. The van der Waals surface area contributed by atoms with Crippen molar-refractivity contribution in [2.75, 3.05) is 33.9 Å². The zero-order valence-corrected chi connectivity index (χ0v) is 14.9. The molecule has 0 spiro atoms. The minimum atomic E-state index is -4.35. The van der Waals surface area contributed by atoms with Crippen LogP contribution in [0.2, 0.25) is 0 Å². The summed E-state index contributed by atoms with van der Waals surface area (Å²) in [6.45, 7) is -3.89. The van der Waals surface area contributed by atoms with E-state index in [9.17, 15) is 22.0 Å². The molecule has 0 fully saturated rings. The van der Waals surface area contributed by atoms with Crippen molar-refractivity contribution in [3.63, 3.8) is 0 Å². The van der Waals surface area contributed by atoms with E-state index in [2.05, 4.69) is 25.1 Å². The lowest BCUT2D eigenvalue weighted by Gasteiger charge is -2.15. The second-order valence-corrected chi connectivity index (χ2v) is 5.23. The molecule has 0 bridgehead atoms. The Kier molecular flexibility index (Phi) is 9.62. The minimum absolute atomic E-state index is 0.00527. The first-order valence-corrected chi connectivity index (χ1v) is 7.96. The number of guanidine groups is 1. The molecule has 0 amide bonds. The Hall–Kier alpha value is -2.30. The third-order valence-electron chi connectivity index (χ3n) is 3.18. The average Bonchev–Trinajstić information content (AvgIpc) is 2.60. The van der Waals surface area contributed by atoms with Crippen LogP contribution in [0.1, 0.15) is 12.0 Å². The van der Waals surface area contributed by atoms with Crippen LogP contribution >= 0.6 is 0 Å². The standard InChI is InChI=1S/C16H22F5N3O3/c1-22-15(23-6-3-7-26-10-16(19,20)21)24-9-11-8-12(25-2)4-5-13(11)27-14(17)18/h4-5,8,14H,3,6-7,9-10H2,1-2H3,(H2,22,23,24). The lowest BCUT2D eigenvalue weighted by Crippen LogP contribution is -2.37. The summed E-state index contributed by atoms with van der Waals surface area (Å²) >= 11 is 0. The van der Waals surface area contributed by atoms with Crippen LogP contribution < -0.4 is 20.1 Å². The summed E-state index contributed by atoms with van der Waals surface area (Å²) in [5, 5.41) is 5.79. The van der Waals surface area contributed by atoms with Crippen molar-refractivity contribution in [1.29, 1.82) is 0 Å². The lowest BCUT2D eigenvalue weighted by atomic mass is 10.2. The van der Waals surface area contributed by atoms with Crippen LogP contribution in [0, 0.1) is 0 Å². The molecule has 0 atom stereocenters. The number of methoxy groups -OCH3 is 1. The molecule has 1 rings (SSSR count). The van der Waals surface area contributed by atoms with Gasteiger partial charge in [0.25, 0.3) is 0 Å². The Morgan fingerprint density at radius 1 is 1.22 bits per heavy atom. The van der Waals surface area contributed by atoms with Gasteiger partial charge in [0.2, 0.25) is 0 Å². The van der Waals surface area contributed by atoms with Gasteiger partial charge < -0.3 is 24.8 Å². The molecule has 1 aromatic carbocycles. The van der Waals surface area contributed by atoms with Crippen LogP contribution in [-0.4, -0.2) is 52.7 Å². The molecule has 154 valence electrons. The molecular weight excluding hydrogens is 377 g/mol. The highest BCUT2D eigenvalue weighted by atomic mass is 19.4. The molecule has 0 unspecified atom stereocenters. The molecule has 0 saturated heterocycles. The van der Waals surface area contributed by atoms with Gasteiger partial charge in [0.1, 0.15) is 18.1 Å². The van der Waals surface area contributed by atoms with Crippen LogP contribution in [0.4, 0.5) is 22.0 Å². The molecule has 0 radical (unpaired) electrons. The predicted octanol–water partition coefficient (Wildman–Crippen LogP) is 2.93. The van der Waals surface area contributed by atoms with Crippen molar-refractivity contribution in [1.82, 2.24) is 10.6 Å². The van der Waals surface area contributed by atoms with E-state index in [-0.39, 0.29) is 18.9 Å². The number of benzene rings is 1. The number of ether oxygens (including phenoxy) is 3. The summed E-state index contributed by atoms with van der Waals surface area (Å²) < 4.78 is 74.8. The molecule has 1 aromatic rings. The van der Waals surface area contributed by atoms with Gasteiger partial charge in [-0.05, 0) is 24.6 Å². The number of halogens is 5. The van der Waals surface area contributed by atoms with E-state index in [0.29, 0.717) is 30.2 Å². The first kappa shape index (κ1) is 22.7. The highest BCUT2D eigenvalue weighted by Crippen LogP contribution is 2.25. The fourth-order valence-corrected chi connectivity index (χ4v) is 2.00. The van der Waals surface area contributed by atoms with Gasteiger partial charge in [-0.25, -0.2) is 0 Å². The largest absolute Gasteiger partial charge is 0.497 e. The van der Waals surface area contributed by atoms with Gasteiger partial charge in [0.05, 0.1) is 7.11 Å². The fourth-order valence-electron chi connectivity index (χ4n) is 2.00. The molecule has 0 aliphatic heterocycles. The quantitative estimate of drug-likeness (QED) is 0.274. The van der Waals surface area contributed by atoms with Crippen LogP contribution in [0.5, 0.6) is 11.5 Å². The van der Waals surface area contributed by atoms with Gasteiger partial charge in [0, 0.05) is 32.3 Å². The molecule has 6 nitrogen and oxygen atoms in total. The second kappa shape index (κ2) is 11.4. The van der Waals surface area contributed by atoms with Crippen LogP contribution in [0.15, 0.2) is 23.2 Å². The van der Waals surface area contributed by atoms with Gasteiger partial charge in [0.15, 0.2) is 5.96 Å². The first-order chi connectivity index (χ1) is 12.7. The van der Waals surface area contributed by atoms with Crippen LogP contribution in [0.25, 0.3) is 0 Å². The molecule has 0 aliphatic carbocycles. The van der Waals surface area contributed by atoms with Gasteiger partial charge in [-0.3, -0.25) is 4.99 Å². The van der Waals surface area contributed by atoms with Gasteiger partial charge in [-0.15, -0.1) is 0 Å². The van der Waals surface area contributed by atoms with Gasteiger partial charge in [-0.1, -0.05) is 0 Å². The number of nitrogens with zero attached hydrogens (tertiary/aromatic N) is 1. The number of nitrogens with one attached hydrogen (secondary N) is 2. The highest BCUT2D eigenvalue weighted by Gasteiger charge is 2.27. The van der Waals surface area contributed by atoms with E-state index in [1.165, 1.54) is 26.3 Å². The van der Waals surface area contributed by atoms with E-state index in [1.807, 2.05) is 0 Å². The lowest BCUT2D eigenvalue weighted by molar-refractivity contribution is -0.173. The number of alkyl halides is 5. The van der Waals surface area contributed by atoms with Crippen LogP contribution in [0.3, 0.4) is 0 Å². The fraction of sp³-hybridized carbons (Fsp3) is 0.562. The normalized spacial score (nSPS) is 12.2. The molecule has 2 N–H and O–H groups in total. The van der Waals surface area contributed by atoms with Crippen molar-refractivity contribution in [3.05, 3.63) is 23.8 Å². The van der Waals surface area contributed by atoms with E-state index in [4.69, 9.17) is 4.74 Å². The number of hydrogen-bond acceptors (Lipinski definition) is 4. The van der Waals surface area contributed by atoms with E-state index in [1.54, 1.807) is 6.07 Å². The topological polar surface area (TPSA) is 64.1 Å². The minimum Gasteiger partial charge on any atom is -0.497 e. The van der Waals surface area contributed by atoms with E-state index >= 15 is 0 Å². The Morgan fingerprint density at radius 2 is 1.96 bits per heavy atom. The predicted molar refractivity (Wildman–Crippen MR) is 89.3 cm³/mol. The van der Waals surface area contributed by atoms with Gasteiger partial charge in [-0.2, -0.15) is 22.0 Å².